The van der Waals surface area contributed by atoms with E-state index < -0.39 is 0 Å². The fourth-order valence-corrected chi connectivity index (χ4v) is 4.04. The van der Waals surface area contributed by atoms with Crippen LogP contribution in [0.4, 0.5) is 5.69 Å². The molecule has 4 rings (SSSR count). The van der Waals surface area contributed by atoms with Gasteiger partial charge in [0.1, 0.15) is 0 Å². The van der Waals surface area contributed by atoms with E-state index in [0.717, 1.165) is 18.5 Å². The van der Waals surface area contributed by atoms with Crippen molar-refractivity contribution in [2.45, 2.75) is 19.8 Å². The molecule has 102 valence electrons. The van der Waals surface area contributed by atoms with Gasteiger partial charge in [-0.15, -0.1) is 0 Å². The van der Waals surface area contributed by atoms with Crippen LogP contribution < -0.4 is 4.90 Å². The molecule has 2 aliphatic carbocycles. The molecule has 2 amide bonds. The molecule has 2 fully saturated rings. The number of hydrogen-bond donors (Lipinski definition) is 0. The molecular weight excluding hydrogens is 250 g/mol. The van der Waals surface area contributed by atoms with E-state index in [1.807, 2.05) is 24.3 Å². The number of allylic oxidation sites excluding steroid dienone is 2. The molecule has 1 aliphatic heterocycles. The molecule has 0 aromatic heterocycles. The lowest BCUT2D eigenvalue weighted by Gasteiger charge is -2.17. The van der Waals surface area contributed by atoms with Gasteiger partial charge in [-0.25, -0.2) is 0 Å². The molecule has 1 saturated carbocycles. The van der Waals surface area contributed by atoms with Crippen molar-refractivity contribution in [1.82, 2.24) is 0 Å². The molecule has 0 spiro atoms. The van der Waals surface area contributed by atoms with Crippen molar-refractivity contribution in [3.8, 4) is 0 Å². The highest BCUT2D eigenvalue weighted by atomic mass is 16.2. The van der Waals surface area contributed by atoms with Gasteiger partial charge in [0, 0.05) is 0 Å². The van der Waals surface area contributed by atoms with E-state index in [4.69, 9.17) is 0 Å². The Labute approximate surface area is 118 Å². The topological polar surface area (TPSA) is 37.4 Å². The molecule has 3 heteroatoms. The van der Waals surface area contributed by atoms with Crippen LogP contribution in [0, 0.1) is 23.7 Å². The summed E-state index contributed by atoms with van der Waals surface area (Å²) in [7, 11) is 0. The summed E-state index contributed by atoms with van der Waals surface area (Å²) >= 11 is 0. The first-order valence-electron chi connectivity index (χ1n) is 7.35. The van der Waals surface area contributed by atoms with Gasteiger partial charge in [-0.05, 0) is 42.4 Å². The number of imide groups is 1. The lowest BCUT2D eigenvalue weighted by molar-refractivity contribution is -0.123. The summed E-state index contributed by atoms with van der Waals surface area (Å²) in [6.07, 6.45) is 6.19. The summed E-state index contributed by atoms with van der Waals surface area (Å²) in [5, 5.41) is 0. The molecule has 2 bridgehead atoms. The number of amides is 2. The maximum atomic E-state index is 12.6. The summed E-state index contributed by atoms with van der Waals surface area (Å²) in [5.41, 5.74) is 1.95. The van der Waals surface area contributed by atoms with Gasteiger partial charge in [0.2, 0.25) is 11.8 Å². The number of rotatable bonds is 2. The first kappa shape index (κ1) is 11.9. The number of hydrogen-bond acceptors (Lipinski definition) is 2. The van der Waals surface area contributed by atoms with Gasteiger partial charge in [-0.1, -0.05) is 31.2 Å². The Morgan fingerprint density at radius 1 is 1.00 bits per heavy atom. The van der Waals surface area contributed by atoms with Gasteiger partial charge in [-0.3, -0.25) is 14.5 Å². The van der Waals surface area contributed by atoms with Crippen molar-refractivity contribution in [3.63, 3.8) is 0 Å². The Bertz CT molecular complexity index is 586. The van der Waals surface area contributed by atoms with Crippen molar-refractivity contribution in [2.24, 2.45) is 23.7 Å². The Balaban J connectivity index is 1.70. The van der Waals surface area contributed by atoms with Crippen LogP contribution >= 0.6 is 0 Å². The standard InChI is InChI=1S/C17H17NO2/c1-2-10-3-7-13(8-4-10)18-16(19)14-11-5-6-12(9-11)15(14)17(18)20/h3-8,11-12,14-15H,2,9H2,1H3/t11-,12-,14+,15+/m0/s1. The van der Waals surface area contributed by atoms with Crippen LogP contribution in [-0.2, 0) is 16.0 Å². The molecule has 1 heterocycles. The van der Waals surface area contributed by atoms with Gasteiger partial charge in [0.25, 0.3) is 0 Å². The van der Waals surface area contributed by atoms with Crippen molar-refractivity contribution in [2.75, 3.05) is 4.90 Å². The van der Waals surface area contributed by atoms with Gasteiger partial charge in [-0.2, -0.15) is 0 Å². The minimum Gasteiger partial charge on any atom is -0.274 e. The summed E-state index contributed by atoms with van der Waals surface area (Å²) in [6, 6.07) is 7.78. The van der Waals surface area contributed by atoms with E-state index in [1.165, 1.54) is 10.5 Å². The van der Waals surface area contributed by atoms with Crippen molar-refractivity contribution < 1.29 is 9.59 Å². The molecule has 1 saturated heterocycles. The van der Waals surface area contributed by atoms with Crippen LogP contribution in [0.25, 0.3) is 0 Å². The van der Waals surface area contributed by atoms with Gasteiger partial charge in [0.05, 0.1) is 17.5 Å². The first-order valence-corrected chi connectivity index (χ1v) is 7.35. The molecule has 20 heavy (non-hydrogen) atoms. The van der Waals surface area contributed by atoms with Crippen LogP contribution in [0.1, 0.15) is 18.9 Å². The Kier molecular flexibility index (Phi) is 2.40. The SMILES string of the molecule is CCc1ccc(N2C(=O)[C@H]3[C@H](C2=O)[C@H]2C=C[C@H]3C2)cc1. The van der Waals surface area contributed by atoms with Gasteiger partial charge < -0.3 is 0 Å². The molecule has 1 aromatic rings. The van der Waals surface area contributed by atoms with Crippen LogP contribution in [0.15, 0.2) is 36.4 Å². The number of benzene rings is 1. The van der Waals surface area contributed by atoms with E-state index in [9.17, 15) is 9.59 Å². The monoisotopic (exact) mass is 267 g/mol. The summed E-state index contributed by atoms with van der Waals surface area (Å²) in [4.78, 5) is 26.6. The molecule has 4 atom stereocenters. The number of carbonyl (C=O) groups is 2. The summed E-state index contributed by atoms with van der Waals surface area (Å²) < 4.78 is 0. The summed E-state index contributed by atoms with van der Waals surface area (Å²) in [5.74, 6) is 0.344. The fourth-order valence-electron chi connectivity index (χ4n) is 4.04. The molecule has 0 unspecified atom stereocenters. The van der Waals surface area contributed by atoms with E-state index in [1.54, 1.807) is 0 Å². The van der Waals surface area contributed by atoms with E-state index in [0.29, 0.717) is 0 Å². The third-order valence-corrected chi connectivity index (χ3v) is 5.07. The van der Waals surface area contributed by atoms with Crippen LogP contribution in [0.3, 0.4) is 0 Å². The minimum absolute atomic E-state index is 0.00102. The largest absolute Gasteiger partial charge is 0.274 e. The number of carbonyl (C=O) groups excluding carboxylic acids is 2. The van der Waals surface area contributed by atoms with Crippen LogP contribution in [0.2, 0.25) is 0 Å². The molecule has 0 radical (unpaired) electrons. The summed E-state index contributed by atoms with van der Waals surface area (Å²) in [6.45, 7) is 2.09. The van der Waals surface area contributed by atoms with Crippen molar-refractivity contribution in [1.29, 1.82) is 0 Å². The third-order valence-electron chi connectivity index (χ3n) is 5.07. The second-order valence-electron chi connectivity index (χ2n) is 6.03. The zero-order valence-corrected chi connectivity index (χ0v) is 11.5. The predicted octanol–water partition coefficient (Wildman–Crippen LogP) is 2.56. The zero-order valence-electron chi connectivity index (χ0n) is 11.5. The van der Waals surface area contributed by atoms with Crippen LogP contribution in [-0.4, -0.2) is 11.8 Å². The fraction of sp³-hybridized carbons (Fsp3) is 0.412. The normalized spacial score (nSPS) is 34.1. The van der Waals surface area contributed by atoms with Gasteiger partial charge in [0.15, 0.2) is 0 Å². The Hall–Kier alpha value is -1.90. The number of fused-ring (bicyclic) bond motifs is 5. The highest BCUT2D eigenvalue weighted by Crippen LogP contribution is 2.53. The maximum Gasteiger partial charge on any atom is 0.238 e. The second kappa shape index (κ2) is 4.05. The average Bonchev–Trinajstić information content (AvgIpc) is 3.14. The molecule has 1 aromatic carbocycles. The quantitative estimate of drug-likeness (QED) is 0.610. The molecule has 3 aliphatic rings. The van der Waals surface area contributed by atoms with Crippen molar-refractivity contribution >= 4 is 17.5 Å². The average molecular weight is 267 g/mol. The smallest absolute Gasteiger partial charge is 0.238 e. The predicted molar refractivity (Wildman–Crippen MR) is 76.0 cm³/mol. The third kappa shape index (κ3) is 1.41. The number of anilines is 1. The lowest BCUT2D eigenvalue weighted by atomic mass is 9.85. The molecule has 0 N–H and O–H groups in total. The van der Waals surface area contributed by atoms with Crippen LogP contribution in [0.5, 0.6) is 0 Å². The molecular formula is C17H17NO2. The molecule has 3 nitrogen and oxygen atoms in total. The second-order valence-corrected chi connectivity index (χ2v) is 6.03. The van der Waals surface area contributed by atoms with E-state index in [2.05, 4.69) is 19.1 Å². The maximum absolute atomic E-state index is 12.6. The number of nitrogens with zero attached hydrogens (tertiary/aromatic N) is 1. The highest BCUT2D eigenvalue weighted by molar-refractivity contribution is 6.22. The van der Waals surface area contributed by atoms with Crippen molar-refractivity contribution in [3.05, 3.63) is 42.0 Å². The zero-order chi connectivity index (χ0) is 13.9. The van der Waals surface area contributed by atoms with E-state index in [-0.39, 0.29) is 35.5 Å². The van der Waals surface area contributed by atoms with Gasteiger partial charge >= 0.3 is 0 Å². The minimum atomic E-state index is -0.108. The number of aryl methyl sites for hydroxylation is 1. The Morgan fingerprint density at radius 2 is 1.55 bits per heavy atom. The lowest BCUT2D eigenvalue weighted by Crippen LogP contribution is -2.32. The highest BCUT2D eigenvalue weighted by Gasteiger charge is 2.59. The first-order chi connectivity index (χ1) is 9.70. The van der Waals surface area contributed by atoms with E-state index >= 15 is 0 Å². The Morgan fingerprint density at radius 3 is 2.05 bits per heavy atom.